The number of nitrogens with one attached hydrogen (secondary N) is 1. The third-order valence-corrected chi connectivity index (χ3v) is 4.72. The van der Waals surface area contributed by atoms with Gasteiger partial charge >= 0.3 is 0 Å². The van der Waals surface area contributed by atoms with Crippen LogP contribution in [0.4, 0.5) is 0 Å². The molecule has 0 bridgehead atoms. The molecule has 0 aromatic carbocycles. The molecule has 0 aliphatic heterocycles. The molecule has 0 amide bonds. The van der Waals surface area contributed by atoms with Gasteiger partial charge in [-0.15, -0.1) is 0 Å². The van der Waals surface area contributed by atoms with E-state index < -0.39 is 0 Å². The molecule has 1 aromatic rings. The highest BCUT2D eigenvalue weighted by Crippen LogP contribution is 2.32. The van der Waals surface area contributed by atoms with Crippen LogP contribution in [0.25, 0.3) is 0 Å². The summed E-state index contributed by atoms with van der Waals surface area (Å²) in [5.41, 5.74) is 2.20. The minimum Gasteiger partial charge on any atom is -0.314 e. The van der Waals surface area contributed by atoms with Crippen LogP contribution in [0.2, 0.25) is 5.02 Å². The first-order valence-corrected chi connectivity index (χ1v) is 8.00. The normalized spacial score (nSPS) is 23.2. The molecule has 1 N–H and O–H groups in total. The van der Waals surface area contributed by atoms with Crippen molar-refractivity contribution in [1.29, 1.82) is 0 Å². The highest BCUT2D eigenvalue weighted by molar-refractivity contribution is 6.31. The molecule has 2 rings (SSSR count). The van der Waals surface area contributed by atoms with E-state index in [9.17, 15) is 0 Å². The third kappa shape index (κ3) is 3.32. The fraction of sp³-hybridized carbons (Fsp3) is 0.800. The lowest BCUT2D eigenvalue weighted by Crippen LogP contribution is -2.34. The second kappa shape index (κ2) is 6.76. The first-order valence-electron chi connectivity index (χ1n) is 7.62. The van der Waals surface area contributed by atoms with E-state index in [1.807, 2.05) is 6.92 Å². The molecule has 1 aromatic heterocycles. The van der Waals surface area contributed by atoms with E-state index in [4.69, 9.17) is 11.6 Å². The number of rotatable bonds is 6. The van der Waals surface area contributed by atoms with Gasteiger partial charge in [0.2, 0.25) is 0 Å². The van der Waals surface area contributed by atoms with Crippen LogP contribution in [0, 0.1) is 12.8 Å². The Balaban J connectivity index is 2.07. The van der Waals surface area contributed by atoms with Gasteiger partial charge in [0.15, 0.2) is 0 Å². The average Bonchev–Trinajstić information content (AvgIpc) is 2.96. The Morgan fingerprint density at radius 1 is 1.37 bits per heavy atom. The molecule has 4 heteroatoms. The molecule has 1 aliphatic carbocycles. The molecule has 2 atom stereocenters. The number of aromatic nitrogens is 2. The second-order valence-electron chi connectivity index (χ2n) is 5.62. The first-order chi connectivity index (χ1) is 9.17. The molecular weight excluding hydrogens is 258 g/mol. The van der Waals surface area contributed by atoms with Gasteiger partial charge in [0.1, 0.15) is 0 Å². The summed E-state index contributed by atoms with van der Waals surface area (Å²) in [6, 6.07) is 0.663. The van der Waals surface area contributed by atoms with Gasteiger partial charge in [0, 0.05) is 12.6 Å². The summed E-state index contributed by atoms with van der Waals surface area (Å²) in [4.78, 5) is 0. The molecule has 19 heavy (non-hydrogen) atoms. The van der Waals surface area contributed by atoms with Crippen LogP contribution in [0.3, 0.4) is 0 Å². The highest BCUT2D eigenvalue weighted by Gasteiger charge is 2.28. The Kier molecular flexibility index (Phi) is 5.28. The van der Waals surface area contributed by atoms with Crippen LogP contribution in [0.1, 0.15) is 50.9 Å². The number of halogens is 1. The van der Waals surface area contributed by atoms with Crippen molar-refractivity contribution >= 4 is 11.6 Å². The zero-order chi connectivity index (χ0) is 13.8. The maximum absolute atomic E-state index is 6.42. The van der Waals surface area contributed by atoms with Crippen molar-refractivity contribution in [3.05, 3.63) is 16.4 Å². The van der Waals surface area contributed by atoms with Crippen molar-refractivity contribution < 1.29 is 0 Å². The standard InChI is InChI=1S/C15H26ClN3/c1-4-9-17-13-8-6-7-12(13)10-14-15(16)11(3)18-19(14)5-2/h12-13,17H,4-10H2,1-3H3. The van der Waals surface area contributed by atoms with E-state index in [2.05, 4.69) is 28.9 Å². The molecule has 1 fully saturated rings. The van der Waals surface area contributed by atoms with Crippen molar-refractivity contribution in [3.63, 3.8) is 0 Å². The molecule has 1 aliphatic rings. The first kappa shape index (κ1) is 14.9. The Hall–Kier alpha value is -0.540. The lowest BCUT2D eigenvalue weighted by Gasteiger charge is -2.21. The van der Waals surface area contributed by atoms with Crippen LogP contribution in [0.5, 0.6) is 0 Å². The van der Waals surface area contributed by atoms with Crippen molar-refractivity contribution in [3.8, 4) is 0 Å². The smallest absolute Gasteiger partial charge is 0.0847 e. The van der Waals surface area contributed by atoms with Gasteiger partial charge < -0.3 is 5.32 Å². The molecule has 0 saturated heterocycles. The lowest BCUT2D eigenvalue weighted by atomic mass is 9.97. The Morgan fingerprint density at radius 3 is 2.84 bits per heavy atom. The van der Waals surface area contributed by atoms with Crippen LogP contribution in [-0.4, -0.2) is 22.4 Å². The van der Waals surface area contributed by atoms with Gasteiger partial charge in [-0.2, -0.15) is 5.10 Å². The average molecular weight is 284 g/mol. The Labute approximate surface area is 121 Å². The maximum atomic E-state index is 6.42. The summed E-state index contributed by atoms with van der Waals surface area (Å²) in [5.74, 6) is 0.713. The van der Waals surface area contributed by atoms with Crippen molar-refractivity contribution in [1.82, 2.24) is 15.1 Å². The minimum absolute atomic E-state index is 0.663. The van der Waals surface area contributed by atoms with Crippen LogP contribution in [-0.2, 0) is 13.0 Å². The Bertz CT molecular complexity index is 414. The zero-order valence-corrected chi connectivity index (χ0v) is 13.1. The molecule has 0 spiro atoms. The fourth-order valence-electron chi connectivity index (χ4n) is 3.19. The largest absolute Gasteiger partial charge is 0.314 e. The summed E-state index contributed by atoms with van der Waals surface area (Å²) < 4.78 is 2.08. The van der Waals surface area contributed by atoms with Crippen LogP contribution < -0.4 is 5.32 Å². The van der Waals surface area contributed by atoms with Crippen LogP contribution >= 0.6 is 11.6 Å². The molecule has 3 nitrogen and oxygen atoms in total. The van der Waals surface area contributed by atoms with Gasteiger partial charge in [-0.3, -0.25) is 4.68 Å². The number of aryl methyl sites for hydroxylation is 2. The highest BCUT2D eigenvalue weighted by atomic mass is 35.5. The molecule has 1 heterocycles. The number of nitrogens with zero attached hydrogens (tertiary/aromatic N) is 2. The number of hydrogen-bond donors (Lipinski definition) is 1. The summed E-state index contributed by atoms with van der Waals surface area (Å²) in [5, 5.41) is 9.09. The van der Waals surface area contributed by atoms with E-state index in [1.54, 1.807) is 0 Å². The van der Waals surface area contributed by atoms with Crippen molar-refractivity contribution in [2.75, 3.05) is 6.54 Å². The maximum Gasteiger partial charge on any atom is 0.0847 e. The summed E-state index contributed by atoms with van der Waals surface area (Å²) in [6.07, 6.45) is 6.22. The molecule has 1 saturated carbocycles. The van der Waals surface area contributed by atoms with Gasteiger partial charge in [0.05, 0.1) is 16.4 Å². The van der Waals surface area contributed by atoms with Gasteiger partial charge in [-0.1, -0.05) is 24.9 Å². The Morgan fingerprint density at radius 2 is 2.16 bits per heavy atom. The lowest BCUT2D eigenvalue weighted by molar-refractivity contribution is 0.389. The van der Waals surface area contributed by atoms with E-state index in [1.165, 1.54) is 31.4 Å². The van der Waals surface area contributed by atoms with Crippen LogP contribution in [0.15, 0.2) is 0 Å². The fourth-order valence-corrected chi connectivity index (χ4v) is 3.40. The van der Waals surface area contributed by atoms with Crippen molar-refractivity contribution in [2.45, 2.75) is 65.5 Å². The number of hydrogen-bond acceptors (Lipinski definition) is 2. The topological polar surface area (TPSA) is 29.9 Å². The third-order valence-electron chi connectivity index (χ3n) is 4.22. The summed E-state index contributed by atoms with van der Waals surface area (Å²) in [7, 11) is 0. The predicted octanol–water partition coefficient (Wildman–Crippen LogP) is 3.58. The molecule has 2 unspecified atom stereocenters. The zero-order valence-electron chi connectivity index (χ0n) is 12.4. The van der Waals surface area contributed by atoms with Gasteiger partial charge in [-0.25, -0.2) is 0 Å². The molecular formula is C15H26ClN3. The van der Waals surface area contributed by atoms with Gasteiger partial charge in [-0.05, 0) is 52.0 Å². The second-order valence-corrected chi connectivity index (χ2v) is 6.00. The SMILES string of the molecule is CCCNC1CCCC1Cc1c(Cl)c(C)nn1CC. The predicted molar refractivity (Wildman–Crippen MR) is 80.8 cm³/mol. The van der Waals surface area contributed by atoms with E-state index in [0.717, 1.165) is 30.2 Å². The molecule has 108 valence electrons. The van der Waals surface area contributed by atoms with Crippen molar-refractivity contribution in [2.24, 2.45) is 5.92 Å². The monoisotopic (exact) mass is 283 g/mol. The minimum atomic E-state index is 0.663. The quantitative estimate of drug-likeness (QED) is 0.865. The summed E-state index contributed by atoms with van der Waals surface area (Å²) >= 11 is 6.42. The van der Waals surface area contributed by atoms with E-state index >= 15 is 0 Å². The summed E-state index contributed by atoms with van der Waals surface area (Å²) in [6.45, 7) is 8.39. The molecule has 0 radical (unpaired) electrons. The van der Waals surface area contributed by atoms with E-state index in [0.29, 0.717) is 12.0 Å². The van der Waals surface area contributed by atoms with Gasteiger partial charge in [0.25, 0.3) is 0 Å². The van der Waals surface area contributed by atoms with E-state index in [-0.39, 0.29) is 0 Å².